The molecule has 5 nitrogen and oxygen atoms in total. The maximum atomic E-state index is 12.4. The lowest BCUT2D eigenvalue weighted by atomic mass is 10.2. The Hall–Kier alpha value is -2.01. The largest absolute Gasteiger partial charge is 0.467 e. The second-order valence-corrected chi connectivity index (χ2v) is 5.10. The smallest absolute Gasteiger partial charge is 0.237 e. The number of rotatable bonds is 8. The van der Waals surface area contributed by atoms with E-state index in [2.05, 4.69) is 19.2 Å². The van der Waals surface area contributed by atoms with Crippen LogP contribution in [0.1, 0.15) is 31.8 Å². The Balaban J connectivity index is 1.98. The molecule has 2 aromatic rings. The summed E-state index contributed by atoms with van der Waals surface area (Å²) in [5.41, 5.74) is 0. The first-order chi connectivity index (χ1) is 10.2. The highest BCUT2D eigenvalue weighted by Crippen LogP contribution is 2.11. The van der Waals surface area contributed by atoms with Crippen LogP contribution in [0.2, 0.25) is 0 Å². The molecule has 0 fully saturated rings. The molecule has 0 aliphatic rings. The Morgan fingerprint density at radius 1 is 1.19 bits per heavy atom. The zero-order valence-corrected chi connectivity index (χ0v) is 12.5. The summed E-state index contributed by atoms with van der Waals surface area (Å²) in [7, 11) is 0. The van der Waals surface area contributed by atoms with Gasteiger partial charge in [-0.2, -0.15) is 0 Å². The molecule has 1 amide bonds. The SMILES string of the molecule is CCC(C)NCC(=O)N(Cc1ccco1)Cc1ccco1. The van der Waals surface area contributed by atoms with E-state index < -0.39 is 0 Å². The predicted octanol–water partition coefficient (Wildman–Crippen LogP) is 2.79. The van der Waals surface area contributed by atoms with Crippen LogP contribution in [-0.4, -0.2) is 23.4 Å². The van der Waals surface area contributed by atoms with Gasteiger partial charge in [0.25, 0.3) is 0 Å². The van der Waals surface area contributed by atoms with Crippen molar-refractivity contribution in [2.45, 2.75) is 39.4 Å². The lowest BCUT2D eigenvalue weighted by molar-refractivity contribution is -0.132. The number of nitrogens with zero attached hydrogens (tertiary/aromatic N) is 1. The minimum atomic E-state index is 0.0306. The highest BCUT2D eigenvalue weighted by Gasteiger charge is 2.17. The Morgan fingerprint density at radius 2 is 1.76 bits per heavy atom. The van der Waals surface area contributed by atoms with Crippen LogP contribution in [0.5, 0.6) is 0 Å². The molecular weight excluding hydrogens is 268 g/mol. The first-order valence-corrected chi connectivity index (χ1v) is 7.25. The number of carbonyl (C=O) groups is 1. The molecular formula is C16H22N2O3. The number of hydrogen-bond acceptors (Lipinski definition) is 4. The van der Waals surface area contributed by atoms with E-state index in [4.69, 9.17) is 8.83 Å². The lowest BCUT2D eigenvalue weighted by Crippen LogP contribution is -2.40. The molecule has 0 bridgehead atoms. The molecule has 5 heteroatoms. The summed E-state index contributed by atoms with van der Waals surface area (Å²) in [5, 5.41) is 3.22. The van der Waals surface area contributed by atoms with E-state index in [1.54, 1.807) is 17.4 Å². The molecule has 0 saturated carbocycles. The van der Waals surface area contributed by atoms with Gasteiger partial charge in [-0.3, -0.25) is 4.79 Å². The van der Waals surface area contributed by atoms with Gasteiger partial charge in [-0.25, -0.2) is 0 Å². The molecule has 1 N–H and O–H groups in total. The van der Waals surface area contributed by atoms with Gasteiger partial charge in [-0.15, -0.1) is 0 Å². The van der Waals surface area contributed by atoms with Gasteiger partial charge in [0, 0.05) is 6.04 Å². The molecule has 0 radical (unpaired) electrons. The first-order valence-electron chi connectivity index (χ1n) is 7.25. The fourth-order valence-electron chi connectivity index (χ4n) is 1.93. The van der Waals surface area contributed by atoms with E-state index in [1.165, 1.54) is 0 Å². The number of nitrogens with one attached hydrogen (secondary N) is 1. The van der Waals surface area contributed by atoms with Crippen molar-refractivity contribution in [2.24, 2.45) is 0 Å². The third-order valence-corrected chi connectivity index (χ3v) is 3.42. The molecule has 0 aromatic carbocycles. The molecule has 1 unspecified atom stereocenters. The van der Waals surface area contributed by atoms with Crippen molar-refractivity contribution in [3.63, 3.8) is 0 Å². The molecule has 0 aliphatic heterocycles. The van der Waals surface area contributed by atoms with Crippen LogP contribution in [0, 0.1) is 0 Å². The molecule has 2 rings (SSSR count). The van der Waals surface area contributed by atoms with Gasteiger partial charge in [-0.1, -0.05) is 6.92 Å². The number of hydrogen-bond donors (Lipinski definition) is 1. The molecule has 0 aliphatic carbocycles. The summed E-state index contributed by atoms with van der Waals surface area (Å²) < 4.78 is 10.7. The standard InChI is InChI=1S/C16H22N2O3/c1-3-13(2)17-10-16(19)18(11-14-6-4-8-20-14)12-15-7-5-9-21-15/h4-9,13,17H,3,10-12H2,1-2H3. The van der Waals surface area contributed by atoms with Crippen molar-refractivity contribution in [3.05, 3.63) is 48.3 Å². The van der Waals surface area contributed by atoms with Crippen LogP contribution < -0.4 is 5.32 Å². The maximum absolute atomic E-state index is 12.4. The summed E-state index contributed by atoms with van der Waals surface area (Å²) in [6, 6.07) is 7.70. The second-order valence-electron chi connectivity index (χ2n) is 5.10. The van der Waals surface area contributed by atoms with E-state index in [1.807, 2.05) is 24.3 Å². The Labute approximate surface area is 124 Å². The van der Waals surface area contributed by atoms with E-state index in [0.717, 1.165) is 17.9 Å². The average molecular weight is 290 g/mol. The van der Waals surface area contributed by atoms with Crippen molar-refractivity contribution in [2.75, 3.05) is 6.54 Å². The molecule has 0 saturated heterocycles. The van der Waals surface area contributed by atoms with E-state index in [-0.39, 0.29) is 5.91 Å². The first kappa shape index (κ1) is 15.4. The lowest BCUT2D eigenvalue weighted by Gasteiger charge is -2.22. The van der Waals surface area contributed by atoms with Gasteiger partial charge < -0.3 is 19.1 Å². The zero-order chi connectivity index (χ0) is 15.1. The minimum Gasteiger partial charge on any atom is -0.467 e. The van der Waals surface area contributed by atoms with Crippen LogP contribution >= 0.6 is 0 Å². The van der Waals surface area contributed by atoms with Crippen molar-refractivity contribution >= 4 is 5.91 Å². The highest BCUT2D eigenvalue weighted by molar-refractivity contribution is 5.78. The van der Waals surface area contributed by atoms with Crippen LogP contribution in [0.3, 0.4) is 0 Å². The fourth-order valence-corrected chi connectivity index (χ4v) is 1.93. The van der Waals surface area contributed by atoms with Crippen molar-refractivity contribution in [1.29, 1.82) is 0 Å². The summed E-state index contributed by atoms with van der Waals surface area (Å²) in [6.45, 7) is 5.35. The third-order valence-electron chi connectivity index (χ3n) is 3.42. The van der Waals surface area contributed by atoms with Gasteiger partial charge in [0.2, 0.25) is 5.91 Å². The molecule has 0 spiro atoms. The quantitative estimate of drug-likeness (QED) is 0.812. The third kappa shape index (κ3) is 4.79. The van der Waals surface area contributed by atoms with Gasteiger partial charge in [0.1, 0.15) is 11.5 Å². The van der Waals surface area contributed by atoms with Gasteiger partial charge in [-0.05, 0) is 37.6 Å². The Kier molecular flexibility index (Phi) is 5.63. The topological polar surface area (TPSA) is 58.6 Å². The monoisotopic (exact) mass is 290 g/mol. The molecule has 2 heterocycles. The van der Waals surface area contributed by atoms with E-state index in [9.17, 15) is 4.79 Å². The zero-order valence-electron chi connectivity index (χ0n) is 12.5. The predicted molar refractivity (Wildman–Crippen MR) is 79.4 cm³/mol. The Morgan fingerprint density at radius 3 is 2.19 bits per heavy atom. The second kappa shape index (κ2) is 7.69. The van der Waals surface area contributed by atoms with Crippen molar-refractivity contribution in [3.8, 4) is 0 Å². The maximum Gasteiger partial charge on any atom is 0.237 e. The molecule has 114 valence electrons. The van der Waals surface area contributed by atoms with Gasteiger partial charge in [0.05, 0.1) is 32.2 Å². The number of carbonyl (C=O) groups excluding carboxylic acids is 1. The van der Waals surface area contributed by atoms with Crippen LogP contribution in [0.4, 0.5) is 0 Å². The van der Waals surface area contributed by atoms with Gasteiger partial charge >= 0.3 is 0 Å². The average Bonchev–Trinajstić information content (AvgIpc) is 3.17. The summed E-state index contributed by atoms with van der Waals surface area (Å²) in [6.07, 6.45) is 4.22. The number of amides is 1. The van der Waals surface area contributed by atoms with Crippen LogP contribution in [0.15, 0.2) is 45.6 Å². The summed E-state index contributed by atoms with van der Waals surface area (Å²) in [4.78, 5) is 14.1. The molecule has 2 aromatic heterocycles. The fraction of sp³-hybridized carbons (Fsp3) is 0.438. The molecule has 1 atom stereocenters. The minimum absolute atomic E-state index is 0.0306. The number of furan rings is 2. The normalized spacial score (nSPS) is 12.3. The van der Waals surface area contributed by atoms with Crippen LogP contribution in [0.25, 0.3) is 0 Å². The molecule has 21 heavy (non-hydrogen) atoms. The highest BCUT2D eigenvalue weighted by atomic mass is 16.3. The van der Waals surface area contributed by atoms with Gasteiger partial charge in [0.15, 0.2) is 0 Å². The van der Waals surface area contributed by atoms with Crippen molar-refractivity contribution < 1.29 is 13.6 Å². The summed E-state index contributed by atoms with van der Waals surface area (Å²) in [5.74, 6) is 1.56. The van der Waals surface area contributed by atoms with Crippen LogP contribution in [-0.2, 0) is 17.9 Å². The summed E-state index contributed by atoms with van der Waals surface area (Å²) >= 11 is 0. The van der Waals surface area contributed by atoms with E-state index in [0.29, 0.717) is 25.7 Å². The Bertz CT molecular complexity index is 483. The van der Waals surface area contributed by atoms with Crippen molar-refractivity contribution in [1.82, 2.24) is 10.2 Å². The van der Waals surface area contributed by atoms with E-state index >= 15 is 0 Å².